The van der Waals surface area contributed by atoms with Crippen LogP contribution < -0.4 is 14.7 Å². The van der Waals surface area contributed by atoms with Crippen LogP contribution in [0.3, 0.4) is 0 Å². The molecular formula is C31H36N4O2. The quantitative estimate of drug-likeness (QED) is 0.475. The van der Waals surface area contributed by atoms with Gasteiger partial charge < -0.3 is 14.7 Å². The fraction of sp³-hybridized carbons (Fsp3) is 0.355. The molecule has 37 heavy (non-hydrogen) atoms. The summed E-state index contributed by atoms with van der Waals surface area (Å²) < 4.78 is 0. The van der Waals surface area contributed by atoms with Gasteiger partial charge in [-0.1, -0.05) is 61.5 Å². The molecule has 1 saturated heterocycles. The van der Waals surface area contributed by atoms with E-state index in [1.165, 1.54) is 5.69 Å². The van der Waals surface area contributed by atoms with Gasteiger partial charge in [0.25, 0.3) is 0 Å². The second-order valence-electron chi connectivity index (χ2n) is 9.97. The number of amides is 2. The number of anilines is 3. The molecule has 3 aromatic rings. The summed E-state index contributed by atoms with van der Waals surface area (Å²) in [5.41, 5.74) is 4.09. The maximum Gasteiger partial charge on any atom is 0.241 e. The summed E-state index contributed by atoms with van der Waals surface area (Å²) in [6.07, 6.45) is 1.16. The first-order valence-corrected chi connectivity index (χ1v) is 13.4. The molecule has 3 aromatic carbocycles. The first-order chi connectivity index (χ1) is 18.1. The average Bonchev–Trinajstić information content (AvgIpc) is 2.94. The highest BCUT2D eigenvalue weighted by molar-refractivity contribution is 5.98. The van der Waals surface area contributed by atoms with E-state index in [9.17, 15) is 9.59 Å². The van der Waals surface area contributed by atoms with E-state index < -0.39 is 0 Å². The van der Waals surface area contributed by atoms with Gasteiger partial charge in [-0.15, -0.1) is 0 Å². The van der Waals surface area contributed by atoms with E-state index in [0.717, 1.165) is 43.1 Å². The minimum atomic E-state index is -0.132. The number of nitrogens with zero attached hydrogens (tertiary/aromatic N) is 4. The number of piperazine rings is 1. The molecule has 0 spiro atoms. The van der Waals surface area contributed by atoms with E-state index >= 15 is 0 Å². The predicted octanol–water partition coefficient (Wildman–Crippen LogP) is 5.12. The molecule has 2 aliphatic rings. The molecule has 0 aliphatic carbocycles. The molecule has 2 unspecified atom stereocenters. The predicted molar refractivity (Wildman–Crippen MR) is 150 cm³/mol. The smallest absolute Gasteiger partial charge is 0.241 e. The summed E-state index contributed by atoms with van der Waals surface area (Å²) in [5.74, 6) is 0.217. The van der Waals surface area contributed by atoms with E-state index in [0.29, 0.717) is 19.4 Å². The van der Waals surface area contributed by atoms with Crippen molar-refractivity contribution in [1.82, 2.24) is 4.90 Å². The van der Waals surface area contributed by atoms with Gasteiger partial charge in [0.1, 0.15) is 0 Å². The van der Waals surface area contributed by atoms with Gasteiger partial charge in [-0.3, -0.25) is 14.5 Å². The van der Waals surface area contributed by atoms with Crippen LogP contribution in [0.2, 0.25) is 0 Å². The minimum Gasteiger partial charge on any atom is -0.369 e. The lowest BCUT2D eigenvalue weighted by molar-refractivity contribution is -0.120. The molecule has 2 heterocycles. The summed E-state index contributed by atoms with van der Waals surface area (Å²) >= 11 is 0. The van der Waals surface area contributed by atoms with E-state index in [4.69, 9.17) is 0 Å². The lowest BCUT2D eigenvalue weighted by atomic mass is 9.89. The van der Waals surface area contributed by atoms with Gasteiger partial charge in [-0.25, -0.2) is 0 Å². The molecule has 0 saturated carbocycles. The van der Waals surface area contributed by atoms with Crippen molar-refractivity contribution in [3.8, 4) is 0 Å². The number of hydrogen-bond donors (Lipinski definition) is 0. The Hall–Kier alpha value is -3.64. The fourth-order valence-electron chi connectivity index (χ4n) is 5.73. The van der Waals surface area contributed by atoms with Crippen molar-refractivity contribution in [3.63, 3.8) is 0 Å². The molecule has 0 aromatic heterocycles. The summed E-state index contributed by atoms with van der Waals surface area (Å²) in [5, 5.41) is 0. The third-order valence-corrected chi connectivity index (χ3v) is 7.60. The van der Waals surface area contributed by atoms with Crippen molar-refractivity contribution in [2.75, 3.05) is 47.4 Å². The molecule has 6 nitrogen and oxygen atoms in total. The van der Waals surface area contributed by atoms with E-state index in [1.54, 1.807) is 0 Å². The van der Waals surface area contributed by atoms with Gasteiger partial charge in [-0.05, 0) is 49.2 Å². The SMILES string of the molecule is CCC(=O)N1c2ccccc2C(N(C(=O)CN2CCN(c3ccccc3)CC2)c2ccccc2)CC1C. The second-order valence-corrected chi connectivity index (χ2v) is 9.97. The lowest BCUT2D eigenvalue weighted by Gasteiger charge is -2.44. The molecule has 6 heteroatoms. The number of para-hydroxylation sites is 3. The van der Waals surface area contributed by atoms with Gasteiger partial charge in [0, 0.05) is 55.7 Å². The molecule has 0 bridgehead atoms. The summed E-state index contributed by atoms with van der Waals surface area (Å²) in [6, 6.07) is 28.4. The van der Waals surface area contributed by atoms with E-state index in [2.05, 4.69) is 47.1 Å². The highest BCUT2D eigenvalue weighted by Crippen LogP contribution is 2.42. The Bertz CT molecular complexity index is 1210. The third-order valence-electron chi connectivity index (χ3n) is 7.60. The first-order valence-electron chi connectivity index (χ1n) is 13.4. The maximum atomic E-state index is 14.0. The Balaban J connectivity index is 1.39. The average molecular weight is 497 g/mol. The van der Waals surface area contributed by atoms with Crippen LogP contribution in [0.5, 0.6) is 0 Å². The molecule has 2 amide bonds. The highest BCUT2D eigenvalue weighted by Gasteiger charge is 2.38. The Kier molecular flexibility index (Phi) is 7.56. The van der Waals surface area contributed by atoms with Crippen LogP contribution in [0.15, 0.2) is 84.9 Å². The van der Waals surface area contributed by atoms with Gasteiger partial charge in [0.2, 0.25) is 11.8 Å². The van der Waals surface area contributed by atoms with Gasteiger partial charge in [0.15, 0.2) is 0 Å². The standard InChI is InChI=1S/C31H36N4O2/c1-3-30(36)34-24(2)22-29(27-16-10-11-17-28(27)34)35(26-14-8-5-9-15-26)31(37)23-32-18-20-33(21-19-32)25-12-6-4-7-13-25/h4-17,24,29H,3,18-23H2,1-2H3. The molecule has 192 valence electrons. The molecule has 2 aliphatic heterocycles. The van der Waals surface area contributed by atoms with Crippen LogP contribution in [-0.4, -0.2) is 55.5 Å². The Morgan fingerprint density at radius 3 is 2.14 bits per heavy atom. The number of carbonyl (C=O) groups is 2. The van der Waals surface area contributed by atoms with Crippen molar-refractivity contribution in [2.24, 2.45) is 0 Å². The summed E-state index contributed by atoms with van der Waals surface area (Å²) in [6.45, 7) is 7.87. The first kappa shape index (κ1) is 25.0. The van der Waals surface area contributed by atoms with Crippen LogP contribution in [0.25, 0.3) is 0 Å². The molecule has 2 atom stereocenters. The van der Waals surface area contributed by atoms with E-state index in [-0.39, 0.29) is 23.9 Å². The van der Waals surface area contributed by atoms with Crippen molar-refractivity contribution in [3.05, 3.63) is 90.5 Å². The Morgan fingerprint density at radius 2 is 1.46 bits per heavy atom. The fourth-order valence-corrected chi connectivity index (χ4v) is 5.73. The molecular weight excluding hydrogens is 460 g/mol. The lowest BCUT2D eigenvalue weighted by Crippen LogP contribution is -2.52. The zero-order chi connectivity index (χ0) is 25.8. The van der Waals surface area contributed by atoms with Crippen molar-refractivity contribution < 1.29 is 9.59 Å². The largest absolute Gasteiger partial charge is 0.369 e. The molecule has 0 N–H and O–H groups in total. The molecule has 1 fully saturated rings. The van der Waals surface area contributed by atoms with Gasteiger partial charge in [-0.2, -0.15) is 0 Å². The Labute approximate surface area is 220 Å². The van der Waals surface area contributed by atoms with Crippen molar-refractivity contribution in [2.45, 2.75) is 38.8 Å². The normalized spacial score (nSPS) is 19.8. The van der Waals surface area contributed by atoms with Crippen LogP contribution in [-0.2, 0) is 9.59 Å². The highest BCUT2D eigenvalue weighted by atomic mass is 16.2. The van der Waals surface area contributed by atoms with Crippen molar-refractivity contribution >= 4 is 28.9 Å². The van der Waals surface area contributed by atoms with Gasteiger partial charge in [0.05, 0.1) is 12.6 Å². The van der Waals surface area contributed by atoms with Crippen LogP contribution in [0.1, 0.15) is 38.3 Å². The van der Waals surface area contributed by atoms with Crippen molar-refractivity contribution in [1.29, 1.82) is 0 Å². The third kappa shape index (κ3) is 5.25. The van der Waals surface area contributed by atoms with Crippen LogP contribution in [0.4, 0.5) is 17.1 Å². The van der Waals surface area contributed by atoms with Crippen LogP contribution in [0, 0.1) is 0 Å². The zero-order valence-corrected chi connectivity index (χ0v) is 21.8. The number of rotatable bonds is 6. The topological polar surface area (TPSA) is 47.1 Å². The minimum absolute atomic E-state index is 0.000722. The van der Waals surface area contributed by atoms with Crippen LogP contribution >= 0.6 is 0 Å². The Morgan fingerprint density at radius 1 is 0.838 bits per heavy atom. The second kappa shape index (κ2) is 11.2. The molecule has 5 rings (SSSR count). The van der Waals surface area contributed by atoms with Gasteiger partial charge >= 0.3 is 0 Å². The number of benzene rings is 3. The number of fused-ring (bicyclic) bond motifs is 1. The summed E-state index contributed by atoms with van der Waals surface area (Å²) in [7, 11) is 0. The monoisotopic (exact) mass is 496 g/mol. The molecule has 0 radical (unpaired) electrons. The number of hydrogen-bond acceptors (Lipinski definition) is 4. The van der Waals surface area contributed by atoms with E-state index in [1.807, 2.05) is 71.3 Å². The number of carbonyl (C=O) groups excluding carboxylic acids is 2. The summed E-state index contributed by atoms with van der Waals surface area (Å²) in [4.78, 5) is 35.4. The maximum absolute atomic E-state index is 14.0. The zero-order valence-electron chi connectivity index (χ0n) is 21.8.